The first-order valence-electron chi connectivity index (χ1n) is 7.38. The van der Waals surface area contributed by atoms with Gasteiger partial charge in [-0.1, -0.05) is 33.5 Å². The second-order valence-corrected chi connectivity index (χ2v) is 8.33. The molecule has 0 saturated carbocycles. The molecule has 0 fully saturated rings. The van der Waals surface area contributed by atoms with Gasteiger partial charge in [0, 0.05) is 23.9 Å². The highest BCUT2D eigenvalue weighted by Gasteiger charge is 2.28. The van der Waals surface area contributed by atoms with Crippen LogP contribution in [0.5, 0.6) is 0 Å². The number of benzene rings is 2. The summed E-state index contributed by atoms with van der Waals surface area (Å²) in [4.78, 5) is 11.6. The predicted octanol–water partition coefficient (Wildman–Crippen LogP) is 4.38. The number of fused-ring (bicyclic) bond motifs is 1. The SMILES string of the molecule is Cc1ccc(Cl)cc1N[S+](=O)([O-])c1cc2c(cc1Cl)CCC(=O)C2. The van der Waals surface area contributed by atoms with E-state index >= 15 is 0 Å². The smallest absolute Gasteiger partial charge is 0.199 e. The van der Waals surface area contributed by atoms with Crippen LogP contribution in [0.1, 0.15) is 23.1 Å². The molecule has 0 heterocycles. The normalized spacial score (nSPS) is 16.4. The lowest BCUT2D eigenvalue weighted by atomic mass is 9.91. The molecule has 0 bridgehead atoms. The Kier molecular flexibility index (Phi) is 4.71. The quantitative estimate of drug-likeness (QED) is 0.799. The highest BCUT2D eigenvalue weighted by Crippen LogP contribution is 2.33. The van der Waals surface area contributed by atoms with E-state index in [-0.39, 0.29) is 22.1 Å². The van der Waals surface area contributed by atoms with Crippen LogP contribution in [0.4, 0.5) is 5.69 Å². The van der Waals surface area contributed by atoms with Crippen LogP contribution in [-0.4, -0.2) is 10.3 Å². The summed E-state index contributed by atoms with van der Waals surface area (Å²) < 4.78 is 28.0. The van der Waals surface area contributed by atoms with E-state index < -0.39 is 10.4 Å². The molecule has 0 amide bonds. The predicted molar refractivity (Wildman–Crippen MR) is 95.4 cm³/mol. The maximum atomic E-state index is 12.7. The second kappa shape index (κ2) is 6.48. The van der Waals surface area contributed by atoms with Crippen molar-refractivity contribution in [1.29, 1.82) is 0 Å². The molecule has 126 valence electrons. The number of ketones is 1. The van der Waals surface area contributed by atoms with Crippen LogP contribution in [0.15, 0.2) is 35.2 Å². The monoisotopic (exact) mass is 383 g/mol. The van der Waals surface area contributed by atoms with Gasteiger partial charge in [0.05, 0.1) is 10.7 Å². The summed E-state index contributed by atoms with van der Waals surface area (Å²) in [5, 5.41) is 0.579. The number of carbonyl (C=O) groups is 1. The summed E-state index contributed by atoms with van der Waals surface area (Å²) in [6, 6.07) is 8.10. The average Bonchev–Trinajstić information content (AvgIpc) is 2.50. The zero-order chi connectivity index (χ0) is 17.5. The lowest BCUT2D eigenvalue weighted by Crippen LogP contribution is -2.23. The molecule has 1 aliphatic rings. The number of Topliss-reactive ketones (excluding diaryl/α,β-unsaturated/α-hetero) is 1. The van der Waals surface area contributed by atoms with Crippen LogP contribution < -0.4 is 4.72 Å². The Morgan fingerprint density at radius 3 is 2.62 bits per heavy atom. The number of halogens is 2. The van der Waals surface area contributed by atoms with Gasteiger partial charge in [-0.05, 0) is 48.2 Å². The van der Waals surface area contributed by atoms with Crippen LogP contribution >= 0.6 is 23.2 Å². The van der Waals surface area contributed by atoms with Gasteiger partial charge in [0.15, 0.2) is 15.3 Å². The number of hydrogen-bond acceptors (Lipinski definition) is 3. The first-order valence-corrected chi connectivity index (χ1v) is 9.62. The van der Waals surface area contributed by atoms with Crippen molar-refractivity contribution < 1.29 is 13.6 Å². The minimum atomic E-state index is -3.89. The van der Waals surface area contributed by atoms with Gasteiger partial charge >= 0.3 is 0 Å². The van der Waals surface area contributed by atoms with Crippen molar-refractivity contribution in [2.24, 2.45) is 0 Å². The highest BCUT2D eigenvalue weighted by atomic mass is 35.5. The first kappa shape index (κ1) is 17.4. The lowest BCUT2D eigenvalue weighted by Gasteiger charge is -2.21. The maximum Gasteiger partial charge on any atom is 0.199 e. The van der Waals surface area contributed by atoms with Crippen molar-refractivity contribution in [2.75, 3.05) is 4.72 Å². The molecule has 0 aromatic heterocycles. The highest BCUT2D eigenvalue weighted by molar-refractivity contribution is 7.99. The van der Waals surface area contributed by atoms with Crippen LogP contribution in [0, 0.1) is 6.92 Å². The van der Waals surface area contributed by atoms with Crippen LogP contribution in [0.2, 0.25) is 10.0 Å². The summed E-state index contributed by atoms with van der Waals surface area (Å²) in [7, 11) is -3.89. The number of sulfonamides is 1. The largest absolute Gasteiger partial charge is 0.588 e. The molecular weight excluding hydrogens is 369 g/mol. The van der Waals surface area contributed by atoms with Gasteiger partial charge in [-0.15, -0.1) is 0 Å². The molecule has 0 aliphatic heterocycles. The Bertz CT molecular complexity index is 882. The molecule has 2 aromatic rings. The number of anilines is 1. The van der Waals surface area contributed by atoms with E-state index in [4.69, 9.17) is 23.2 Å². The van der Waals surface area contributed by atoms with Gasteiger partial charge in [0.2, 0.25) is 0 Å². The Labute approximate surface area is 151 Å². The summed E-state index contributed by atoms with van der Waals surface area (Å²) >= 11 is 12.1. The Morgan fingerprint density at radius 1 is 1.12 bits per heavy atom. The van der Waals surface area contributed by atoms with Gasteiger partial charge in [-0.2, -0.15) is 0 Å². The number of carbonyl (C=O) groups excluding carboxylic acids is 1. The second-order valence-electron chi connectivity index (χ2n) is 5.83. The molecule has 1 unspecified atom stereocenters. The third-order valence-corrected chi connectivity index (χ3v) is 6.11. The Balaban J connectivity index is 2.00. The van der Waals surface area contributed by atoms with Crippen molar-refractivity contribution >= 4 is 45.1 Å². The van der Waals surface area contributed by atoms with E-state index in [1.807, 2.05) is 0 Å². The molecule has 24 heavy (non-hydrogen) atoms. The summed E-state index contributed by atoms with van der Waals surface area (Å²) in [6.07, 6.45) is 1.30. The molecule has 3 rings (SSSR count). The van der Waals surface area contributed by atoms with Crippen LogP contribution in [0.25, 0.3) is 0 Å². The fourth-order valence-corrected chi connectivity index (χ4v) is 4.61. The van der Waals surface area contributed by atoms with Crippen molar-refractivity contribution in [3.8, 4) is 0 Å². The van der Waals surface area contributed by atoms with E-state index in [1.54, 1.807) is 31.2 Å². The van der Waals surface area contributed by atoms with Gasteiger partial charge in [-0.3, -0.25) is 4.79 Å². The minimum Gasteiger partial charge on any atom is -0.588 e. The minimum absolute atomic E-state index is 0.0306. The Hall–Kier alpha value is -1.40. The molecule has 0 saturated heterocycles. The molecule has 4 nitrogen and oxygen atoms in total. The molecule has 0 spiro atoms. The van der Waals surface area contributed by atoms with Gasteiger partial charge < -0.3 is 4.55 Å². The molecule has 1 aliphatic carbocycles. The van der Waals surface area contributed by atoms with E-state index in [0.29, 0.717) is 23.6 Å². The summed E-state index contributed by atoms with van der Waals surface area (Å²) in [5.41, 5.74) is 2.79. The summed E-state index contributed by atoms with van der Waals surface area (Å²) in [5.74, 6) is 0.104. The molecule has 2 aromatic carbocycles. The van der Waals surface area contributed by atoms with E-state index in [0.717, 1.165) is 16.7 Å². The molecule has 7 heteroatoms. The average molecular weight is 384 g/mol. The zero-order valence-electron chi connectivity index (χ0n) is 12.9. The van der Waals surface area contributed by atoms with Crippen molar-refractivity contribution in [3.63, 3.8) is 0 Å². The number of rotatable bonds is 3. The van der Waals surface area contributed by atoms with E-state index in [9.17, 15) is 13.6 Å². The first-order chi connectivity index (χ1) is 11.3. The maximum absolute atomic E-state index is 12.7. The fraction of sp³-hybridized carbons (Fsp3) is 0.235. The topological polar surface area (TPSA) is 69.2 Å². The molecule has 1 N–H and O–H groups in total. The fourth-order valence-electron chi connectivity index (χ4n) is 2.72. The molecule has 1 atom stereocenters. The third kappa shape index (κ3) is 3.49. The van der Waals surface area contributed by atoms with Gasteiger partial charge in [-0.25, -0.2) is 4.72 Å². The van der Waals surface area contributed by atoms with Crippen LogP contribution in [-0.2, 0) is 32.2 Å². The van der Waals surface area contributed by atoms with Crippen molar-refractivity contribution in [3.05, 3.63) is 57.1 Å². The standard InChI is InChI=1S/C17H15Cl2NO3S/c1-10-2-4-13(18)9-16(10)20-24(22,23)17-8-12-6-14(21)5-3-11(12)7-15(17)19/h2,4,7-9H,3,5-6H2,1H3,(H-,20,22,23). The lowest BCUT2D eigenvalue weighted by molar-refractivity contribution is -0.118. The number of aryl methyl sites for hydroxylation is 2. The zero-order valence-corrected chi connectivity index (χ0v) is 15.2. The number of hydrogen-bond donors (Lipinski definition) is 1. The van der Waals surface area contributed by atoms with E-state index in [1.165, 1.54) is 6.07 Å². The molecule has 0 radical (unpaired) electrons. The van der Waals surface area contributed by atoms with Crippen LogP contribution in [0.3, 0.4) is 0 Å². The van der Waals surface area contributed by atoms with Crippen molar-refractivity contribution in [1.82, 2.24) is 0 Å². The Morgan fingerprint density at radius 2 is 1.88 bits per heavy atom. The summed E-state index contributed by atoms with van der Waals surface area (Å²) in [6.45, 7) is 1.78. The third-order valence-electron chi connectivity index (χ3n) is 4.05. The van der Waals surface area contributed by atoms with Gasteiger partial charge in [0.25, 0.3) is 0 Å². The van der Waals surface area contributed by atoms with Crippen molar-refractivity contribution in [2.45, 2.75) is 31.1 Å². The molecular formula is C17H15Cl2NO3S. The van der Waals surface area contributed by atoms with Gasteiger partial charge in [0.1, 0.15) is 5.78 Å². The number of nitrogens with one attached hydrogen (secondary N) is 1. The van der Waals surface area contributed by atoms with E-state index in [2.05, 4.69) is 4.72 Å².